The van der Waals surface area contributed by atoms with Crippen molar-refractivity contribution in [1.82, 2.24) is 0 Å². The molecule has 0 spiro atoms. The Bertz CT molecular complexity index is 509. The number of phenols is 1. The molecule has 126 valence electrons. The number of phenolic OH excluding ortho intramolecular Hbond substituents is 1. The molecule has 0 fully saturated rings. The fourth-order valence-electron chi connectivity index (χ4n) is 2.19. The summed E-state index contributed by atoms with van der Waals surface area (Å²) in [5, 5.41) is 10.6. The first-order valence-corrected chi connectivity index (χ1v) is 8.66. The minimum absolute atomic E-state index is 0. The van der Waals surface area contributed by atoms with Gasteiger partial charge >= 0.3 is 8.25 Å². The van der Waals surface area contributed by atoms with Gasteiger partial charge in [-0.05, 0) is 46.6 Å². The zero-order valence-corrected chi connectivity index (χ0v) is 18.5. The molecule has 0 aliphatic carbocycles. The van der Waals surface area contributed by atoms with Gasteiger partial charge in [-0.15, -0.1) is 9.05 Å². The van der Waals surface area contributed by atoms with E-state index in [9.17, 15) is 9.67 Å². The van der Waals surface area contributed by atoms with Crippen LogP contribution in [0.15, 0.2) is 12.1 Å². The van der Waals surface area contributed by atoms with E-state index in [1.807, 2.05) is 12.1 Å². The van der Waals surface area contributed by atoms with Gasteiger partial charge in [-0.1, -0.05) is 41.5 Å². The van der Waals surface area contributed by atoms with Crippen molar-refractivity contribution in [2.45, 2.75) is 65.9 Å². The molecule has 23 heavy (non-hydrogen) atoms. The van der Waals surface area contributed by atoms with Crippen molar-refractivity contribution in [1.29, 1.82) is 0 Å². The van der Waals surface area contributed by atoms with Gasteiger partial charge in [0.2, 0.25) is 0 Å². The van der Waals surface area contributed by atoms with E-state index in [2.05, 4.69) is 41.5 Å². The smallest absolute Gasteiger partial charge is 0.507 e. The molecule has 1 atom stereocenters. The maximum absolute atomic E-state index is 11.5. The fourth-order valence-corrected chi connectivity index (χ4v) is 2.73. The van der Waals surface area contributed by atoms with Crippen molar-refractivity contribution < 1.29 is 18.7 Å². The van der Waals surface area contributed by atoms with Gasteiger partial charge in [0.25, 0.3) is 0 Å². The average molecular weight is 367 g/mol. The Morgan fingerprint density at radius 2 is 1.43 bits per heavy atom. The van der Waals surface area contributed by atoms with Crippen LogP contribution in [0.3, 0.4) is 0 Å². The van der Waals surface area contributed by atoms with Crippen molar-refractivity contribution in [3.63, 3.8) is 0 Å². The van der Waals surface area contributed by atoms with Gasteiger partial charge in [0.05, 0.1) is 0 Å². The van der Waals surface area contributed by atoms with Crippen molar-refractivity contribution >= 4 is 46.0 Å². The summed E-state index contributed by atoms with van der Waals surface area (Å²) in [5.41, 5.74) is 2.23. The molecule has 1 aromatic rings. The minimum atomic E-state index is -2.10. The molecule has 1 aromatic carbocycles. The molecule has 0 heterocycles. The summed E-state index contributed by atoms with van der Waals surface area (Å²) in [7, 11) is -2.10. The van der Waals surface area contributed by atoms with Crippen LogP contribution in [-0.4, -0.2) is 49.5 Å². The van der Waals surface area contributed by atoms with Gasteiger partial charge in [-0.25, -0.2) is 0 Å². The van der Waals surface area contributed by atoms with E-state index in [0.717, 1.165) is 16.7 Å². The predicted octanol–water partition coefficient (Wildman–Crippen LogP) is 4.82. The second-order valence-corrected chi connectivity index (χ2v) is 8.42. The summed E-state index contributed by atoms with van der Waals surface area (Å²) in [6.07, 6.45) is 0. The zero-order chi connectivity index (χ0) is 17.1. The van der Waals surface area contributed by atoms with Crippen LogP contribution in [0.2, 0.25) is 0 Å². The first kappa shape index (κ1) is 23.3. The normalized spacial score (nSPS) is 12.7. The molecule has 1 rings (SSSR count). The molecule has 1 N–H and O–H groups in total. The first-order valence-electron chi connectivity index (χ1n) is 7.56. The standard InChI is InChI=1S/C17H27O4P.Ca/c1-8-20-22(19)21-11-12-9-13(16(2,3)4)15(18)14(10-12)17(5,6)7;/h9-10H,8,11H2,1-7H3;/p+1. The summed E-state index contributed by atoms with van der Waals surface area (Å²) < 4.78 is 21.7. The van der Waals surface area contributed by atoms with Crippen molar-refractivity contribution in [2.75, 3.05) is 6.61 Å². The van der Waals surface area contributed by atoms with E-state index in [0.29, 0.717) is 12.4 Å². The topological polar surface area (TPSA) is 55.8 Å². The maximum Gasteiger partial charge on any atom is 0.697 e. The molecule has 0 aromatic heterocycles. The molecule has 0 aliphatic rings. The summed E-state index contributed by atoms with van der Waals surface area (Å²) in [6.45, 7) is 14.7. The molecule has 0 saturated carbocycles. The number of rotatable bonds is 5. The molecule has 6 heteroatoms. The summed E-state index contributed by atoms with van der Waals surface area (Å²) >= 11 is 0. The summed E-state index contributed by atoms with van der Waals surface area (Å²) in [4.78, 5) is 0. The van der Waals surface area contributed by atoms with Crippen LogP contribution in [0.1, 0.15) is 65.2 Å². The van der Waals surface area contributed by atoms with Crippen LogP contribution in [0.25, 0.3) is 0 Å². The van der Waals surface area contributed by atoms with E-state index in [1.165, 1.54) is 0 Å². The van der Waals surface area contributed by atoms with Gasteiger partial charge in [-0.2, -0.15) is 0 Å². The zero-order valence-electron chi connectivity index (χ0n) is 15.4. The van der Waals surface area contributed by atoms with Crippen LogP contribution >= 0.6 is 8.25 Å². The Hall–Kier alpha value is 0.300. The Labute approximate surface area is 170 Å². The molecule has 1 unspecified atom stereocenters. The summed E-state index contributed by atoms with van der Waals surface area (Å²) in [6, 6.07) is 3.83. The minimum Gasteiger partial charge on any atom is -0.507 e. The van der Waals surface area contributed by atoms with E-state index in [4.69, 9.17) is 9.05 Å². The molecule has 0 bridgehead atoms. The van der Waals surface area contributed by atoms with Gasteiger partial charge in [-0.3, -0.25) is 0 Å². The molecule has 0 saturated heterocycles. The van der Waals surface area contributed by atoms with Crippen LogP contribution in [0.4, 0.5) is 0 Å². The largest absolute Gasteiger partial charge is 0.697 e. The molecular formula is C17H28CaO4P+. The number of aromatic hydroxyl groups is 1. The van der Waals surface area contributed by atoms with Crippen LogP contribution in [0.5, 0.6) is 5.75 Å². The Morgan fingerprint density at radius 1 is 1.00 bits per heavy atom. The Balaban J connectivity index is 0.00000484. The van der Waals surface area contributed by atoms with E-state index < -0.39 is 8.25 Å². The van der Waals surface area contributed by atoms with Gasteiger partial charge in [0.15, 0.2) is 0 Å². The number of hydrogen-bond acceptors (Lipinski definition) is 4. The molecule has 4 nitrogen and oxygen atoms in total. The van der Waals surface area contributed by atoms with Gasteiger partial charge in [0, 0.05) is 42.3 Å². The third-order valence-electron chi connectivity index (χ3n) is 3.36. The van der Waals surface area contributed by atoms with Crippen molar-refractivity contribution in [2.24, 2.45) is 0 Å². The first-order chi connectivity index (χ1) is 9.96. The van der Waals surface area contributed by atoms with Crippen LogP contribution in [-0.2, 0) is 31.0 Å². The Morgan fingerprint density at radius 3 is 1.78 bits per heavy atom. The monoisotopic (exact) mass is 367 g/mol. The van der Waals surface area contributed by atoms with E-state index >= 15 is 0 Å². The molecule has 2 radical (unpaired) electrons. The fraction of sp³-hybridized carbons (Fsp3) is 0.647. The van der Waals surface area contributed by atoms with Crippen molar-refractivity contribution in [3.8, 4) is 5.75 Å². The molecular weight excluding hydrogens is 339 g/mol. The van der Waals surface area contributed by atoms with Crippen LogP contribution < -0.4 is 0 Å². The van der Waals surface area contributed by atoms with E-state index in [-0.39, 0.29) is 55.2 Å². The van der Waals surface area contributed by atoms with Gasteiger partial charge in [0.1, 0.15) is 19.0 Å². The van der Waals surface area contributed by atoms with E-state index in [1.54, 1.807) is 6.92 Å². The third-order valence-corrected chi connectivity index (χ3v) is 4.17. The third kappa shape index (κ3) is 6.97. The predicted molar refractivity (Wildman–Crippen MR) is 95.3 cm³/mol. The maximum atomic E-state index is 11.5. The quantitative estimate of drug-likeness (QED) is 0.599. The number of benzene rings is 1. The van der Waals surface area contributed by atoms with Gasteiger partial charge < -0.3 is 5.11 Å². The average Bonchev–Trinajstić information content (AvgIpc) is 2.35. The second-order valence-electron chi connectivity index (χ2n) is 7.45. The summed E-state index contributed by atoms with van der Waals surface area (Å²) in [5.74, 6) is 0.331. The molecule has 0 amide bonds. The van der Waals surface area contributed by atoms with Crippen molar-refractivity contribution in [3.05, 3.63) is 28.8 Å². The molecule has 0 aliphatic heterocycles. The number of hydrogen-bond donors (Lipinski definition) is 1. The van der Waals surface area contributed by atoms with Crippen LogP contribution in [0, 0.1) is 0 Å². The Kier molecular flexibility index (Phi) is 9.24. The second kappa shape index (κ2) is 9.12. The SMILES string of the molecule is CCO[P+](=O)OCc1cc(C(C)(C)C)c(O)c(C(C)(C)C)c1.[Ca].